The van der Waals surface area contributed by atoms with Crippen LogP contribution in [0.3, 0.4) is 0 Å². The van der Waals surface area contributed by atoms with Crippen LogP contribution in [0.4, 0.5) is 4.39 Å². The summed E-state index contributed by atoms with van der Waals surface area (Å²) in [5.74, 6) is -1.16. The summed E-state index contributed by atoms with van der Waals surface area (Å²) >= 11 is 0. The van der Waals surface area contributed by atoms with Gasteiger partial charge >= 0.3 is 0 Å². The molecule has 0 aromatic heterocycles. The molecule has 2 aromatic carbocycles. The fourth-order valence-electron chi connectivity index (χ4n) is 4.01. The molecule has 1 aliphatic rings. The van der Waals surface area contributed by atoms with Crippen LogP contribution in [-0.4, -0.2) is 56.5 Å². The highest BCUT2D eigenvalue weighted by Crippen LogP contribution is 2.28. The average molecular weight is 472 g/mol. The summed E-state index contributed by atoms with van der Waals surface area (Å²) in [6, 6.07) is 11.4. The number of hydrogen-bond acceptors (Lipinski definition) is 5. The molecule has 3 amide bonds. The minimum Gasteiger partial charge on any atom is -0.493 e. The number of hydrogen-bond donors (Lipinski definition) is 2. The minimum absolute atomic E-state index is 0.0574. The molecule has 1 fully saturated rings. The van der Waals surface area contributed by atoms with Crippen LogP contribution in [-0.2, 0) is 27.2 Å². The van der Waals surface area contributed by atoms with E-state index >= 15 is 0 Å². The smallest absolute Gasteiger partial charge is 0.225 e. The second kappa shape index (κ2) is 11.5. The number of rotatable bonds is 11. The van der Waals surface area contributed by atoms with Gasteiger partial charge < -0.3 is 25.4 Å². The number of primary amides is 1. The van der Waals surface area contributed by atoms with Crippen molar-refractivity contribution in [2.24, 2.45) is 17.6 Å². The third-order valence-electron chi connectivity index (χ3n) is 6.02. The van der Waals surface area contributed by atoms with Gasteiger partial charge in [-0.05, 0) is 48.2 Å². The number of nitrogens with two attached hydrogens (primary N) is 1. The van der Waals surface area contributed by atoms with Gasteiger partial charge in [-0.25, -0.2) is 4.39 Å². The Morgan fingerprint density at radius 3 is 2.44 bits per heavy atom. The molecule has 0 bridgehead atoms. The Bertz CT molecular complexity index is 1030. The number of carbonyl (C=O) groups is 3. The first-order valence-electron chi connectivity index (χ1n) is 11.1. The molecule has 34 heavy (non-hydrogen) atoms. The van der Waals surface area contributed by atoms with Crippen molar-refractivity contribution in [3.63, 3.8) is 0 Å². The Kier molecular flexibility index (Phi) is 8.45. The Morgan fingerprint density at radius 1 is 1.12 bits per heavy atom. The molecule has 2 atom stereocenters. The largest absolute Gasteiger partial charge is 0.493 e. The molecule has 0 aliphatic carbocycles. The minimum atomic E-state index is -0.632. The summed E-state index contributed by atoms with van der Waals surface area (Å²) in [6.07, 6.45) is 1.02. The number of carbonyl (C=O) groups excluding carboxylic acids is 3. The molecule has 0 saturated carbocycles. The van der Waals surface area contributed by atoms with Gasteiger partial charge in [-0.1, -0.05) is 18.2 Å². The van der Waals surface area contributed by atoms with Gasteiger partial charge in [0.1, 0.15) is 5.82 Å². The molecule has 0 spiro atoms. The van der Waals surface area contributed by atoms with E-state index < -0.39 is 17.7 Å². The first-order chi connectivity index (χ1) is 16.3. The van der Waals surface area contributed by atoms with Crippen LogP contribution in [0.5, 0.6) is 11.5 Å². The lowest BCUT2D eigenvalue weighted by atomic mass is 9.98. The Morgan fingerprint density at radius 2 is 1.79 bits per heavy atom. The van der Waals surface area contributed by atoms with Crippen LogP contribution in [0.15, 0.2) is 42.5 Å². The zero-order valence-electron chi connectivity index (χ0n) is 19.4. The average Bonchev–Trinajstić information content (AvgIpc) is 3.21. The Labute approximate surface area is 198 Å². The molecule has 3 N–H and O–H groups in total. The van der Waals surface area contributed by atoms with Crippen LogP contribution < -0.4 is 20.5 Å². The van der Waals surface area contributed by atoms with Gasteiger partial charge in [-0.2, -0.15) is 0 Å². The van der Waals surface area contributed by atoms with E-state index in [1.165, 1.54) is 12.1 Å². The molecule has 2 aromatic rings. The fourth-order valence-corrected chi connectivity index (χ4v) is 4.01. The molecule has 0 radical (unpaired) electrons. The summed E-state index contributed by atoms with van der Waals surface area (Å²) in [5, 5.41) is 2.76. The topological polar surface area (TPSA) is 111 Å². The van der Waals surface area contributed by atoms with Gasteiger partial charge in [-0.15, -0.1) is 0 Å². The Hall–Kier alpha value is -3.62. The Balaban J connectivity index is 1.50. The van der Waals surface area contributed by atoms with E-state index in [1.54, 1.807) is 31.3 Å². The molecule has 3 rings (SSSR count). The SMILES string of the molecule is COc1ccc(CCN2CC(C(=O)NCC(Cc3ccc(F)cc3)C(N)=O)CC2=O)cc1OC. The van der Waals surface area contributed by atoms with Gasteiger partial charge in [0.15, 0.2) is 11.5 Å². The first-order valence-corrected chi connectivity index (χ1v) is 11.1. The molecule has 1 aliphatic heterocycles. The van der Waals surface area contributed by atoms with Crippen molar-refractivity contribution < 1.29 is 28.2 Å². The number of likely N-dealkylation sites (tertiary alicyclic amines) is 1. The highest BCUT2D eigenvalue weighted by Gasteiger charge is 2.34. The fraction of sp³-hybridized carbons (Fsp3) is 0.400. The van der Waals surface area contributed by atoms with Crippen LogP contribution in [0.1, 0.15) is 17.5 Å². The summed E-state index contributed by atoms with van der Waals surface area (Å²) in [6.45, 7) is 0.853. The third kappa shape index (κ3) is 6.46. The number of ether oxygens (including phenoxy) is 2. The van der Waals surface area contributed by atoms with Crippen LogP contribution in [0.25, 0.3) is 0 Å². The highest BCUT2D eigenvalue weighted by atomic mass is 19.1. The number of benzene rings is 2. The molecule has 8 nitrogen and oxygen atoms in total. The van der Waals surface area contributed by atoms with E-state index in [0.717, 1.165) is 11.1 Å². The number of nitrogens with zero attached hydrogens (tertiary/aromatic N) is 1. The molecule has 182 valence electrons. The predicted molar refractivity (Wildman–Crippen MR) is 124 cm³/mol. The number of nitrogens with one attached hydrogen (secondary N) is 1. The number of amides is 3. The second-order valence-electron chi connectivity index (χ2n) is 8.36. The molecular weight excluding hydrogens is 441 g/mol. The zero-order valence-corrected chi connectivity index (χ0v) is 19.4. The summed E-state index contributed by atoms with van der Waals surface area (Å²) in [7, 11) is 3.14. The lowest BCUT2D eigenvalue weighted by Gasteiger charge is -2.18. The van der Waals surface area contributed by atoms with Crippen molar-refractivity contribution in [1.82, 2.24) is 10.2 Å². The third-order valence-corrected chi connectivity index (χ3v) is 6.02. The van der Waals surface area contributed by atoms with Crippen molar-refractivity contribution >= 4 is 17.7 Å². The summed E-state index contributed by atoms with van der Waals surface area (Å²) in [4.78, 5) is 38.6. The van der Waals surface area contributed by atoms with Crippen molar-refractivity contribution in [2.75, 3.05) is 33.9 Å². The van der Waals surface area contributed by atoms with E-state index in [-0.39, 0.29) is 37.0 Å². The predicted octanol–water partition coefficient (Wildman–Crippen LogP) is 1.69. The normalized spacial score (nSPS) is 16.3. The van der Waals surface area contributed by atoms with E-state index in [9.17, 15) is 18.8 Å². The number of halogens is 1. The van der Waals surface area contributed by atoms with E-state index in [1.807, 2.05) is 18.2 Å². The van der Waals surface area contributed by atoms with Crippen LogP contribution >= 0.6 is 0 Å². The van der Waals surface area contributed by atoms with Crippen molar-refractivity contribution in [2.45, 2.75) is 19.3 Å². The van der Waals surface area contributed by atoms with Gasteiger partial charge in [0.25, 0.3) is 0 Å². The van der Waals surface area contributed by atoms with Crippen molar-refractivity contribution in [3.8, 4) is 11.5 Å². The lowest BCUT2D eigenvalue weighted by molar-refractivity contribution is -0.129. The van der Waals surface area contributed by atoms with Gasteiger partial charge in [-0.3, -0.25) is 14.4 Å². The quantitative estimate of drug-likeness (QED) is 0.518. The summed E-state index contributed by atoms with van der Waals surface area (Å²) in [5.41, 5.74) is 7.22. The number of methoxy groups -OCH3 is 2. The second-order valence-corrected chi connectivity index (χ2v) is 8.36. The molecule has 9 heteroatoms. The highest BCUT2D eigenvalue weighted by molar-refractivity contribution is 5.89. The van der Waals surface area contributed by atoms with E-state index in [2.05, 4.69) is 5.32 Å². The molecule has 1 heterocycles. The van der Waals surface area contributed by atoms with Gasteiger partial charge in [0.05, 0.1) is 26.1 Å². The van der Waals surface area contributed by atoms with E-state index in [4.69, 9.17) is 15.2 Å². The zero-order chi connectivity index (χ0) is 24.7. The lowest BCUT2D eigenvalue weighted by Crippen LogP contribution is -2.40. The summed E-state index contributed by atoms with van der Waals surface area (Å²) < 4.78 is 23.7. The van der Waals surface area contributed by atoms with Gasteiger partial charge in [0.2, 0.25) is 17.7 Å². The van der Waals surface area contributed by atoms with Crippen molar-refractivity contribution in [3.05, 3.63) is 59.4 Å². The van der Waals surface area contributed by atoms with Crippen molar-refractivity contribution in [1.29, 1.82) is 0 Å². The van der Waals surface area contributed by atoms with Gasteiger partial charge in [0, 0.05) is 26.1 Å². The maximum atomic E-state index is 13.1. The molecule has 1 saturated heterocycles. The van der Waals surface area contributed by atoms with Crippen LogP contribution in [0, 0.1) is 17.7 Å². The maximum absolute atomic E-state index is 13.1. The van der Waals surface area contributed by atoms with Crippen LogP contribution in [0.2, 0.25) is 0 Å². The first kappa shape index (κ1) is 25.0. The standard InChI is InChI=1S/C25H30FN3O5/c1-33-21-8-5-17(12-22(21)34-2)9-10-29-15-19(13-23(29)30)25(32)28-14-18(24(27)31)11-16-3-6-20(26)7-4-16/h3-8,12,18-19H,9-11,13-15H2,1-2H3,(H2,27,31)(H,28,32). The van der Waals surface area contributed by atoms with E-state index in [0.29, 0.717) is 31.0 Å². The molecular formula is C25H30FN3O5. The molecule has 2 unspecified atom stereocenters. The maximum Gasteiger partial charge on any atom is 0.225 e. The monoisotopic (exact) mass is 471 g/mol.